The minimum Gasteiger partial charge on any atom is -0.461 e. The zero-order chi connectivity index (χ0) is 22.8. The quantitative estimate of drug-likeness (QED) is 0.511. The highest BCUT2D eigenvalue weighted by Crippen LogP contribution is 2.41. The molecule has 0 bridgehead atoms. The number of nitrogens with one attached hydrogen (secondary N) is 1. The van der Waals surface area contributed by atoms with Crippen molar-refractivity contribution in [1.82, 2.24) is 15.2 Å². The second-order valence-corrected chi connectivity index (χ2v) is 9.33. The van der Waals surface area contributed by atoms with Gasteiger partial charge in [-0.3, -0.25) is 24.3 Å². The van der Waals surface area contributed by atoms with Crippen molar-refractivity contribution in [2.24, 2.45) is 0 Å². The average molecular weight is 448 g/mol. The molecule has 9 nitrogen and oxygen atoms in total. The van der Waals surface area contributed by atoms with Gasteiger partial charge in [0, 0.05) is 30.6 Å². The molecule has 2 amide bonds. The topological polar surface area (TPSA) is 115 Å². The first-order chi connectivity index (χ1) is 14.6. The first-order valence-corrected chi connectivity index (χ1v) is 10.8. The predicted octanol–water partition coefficient (Wildman–Crippen LogP) is 1.18. The predicted molar refractivity (Wildman–Crippen MR) is 112 cm³/mol. The van der Waals surface area contributed by atoms with E-state index in [2.05, 4.69) is 10.3 Å². The van der Waals surface area contributed by atoms with E-state index >= 15 is 0 Å². The molecule has 1 N–H and O–H groups in total. The number of carbonyl (C=O) groups excluding carboxylic acids is 4. The maximum absolute atomic E-state index is 12.9. The highest BCUT2D eigenvalue weighted by molar-refractivity contribution is 8.00. The highest BCUT2D eigenvalue weighted by atomic mass is 32.2. The van der Waals surface area contributed by atoms with Crippen LogP contribution in [0.5, 0.6) is 0 Å². The van der Waals surface area contributed by atoms with E-state index in [0.717, 1.165) is 5.56 Å². The van der Waals surface area contributed by atoms with Gasteiger partial charge in [0.05, 0.1) is 6.42 Å². The summed E-state index contributed by atoms with van der Waals surface area (Å²) in [6.07, 6.45) is 3.31. The molecule has 3 rings (SSSR count). The second kappa shape index (κ2) is 9.09. The van der Waals surface area contributed by atoms with Crippen LogP contribution in [0.15, 0.2) is 35.8 Å². The van der Waals surface area contributed by atoms with Crippen molar-refractivity contribution in [3.8, 4) is 0 Å². The fourth-order valence-electron chi connectivity index (χ4n) is 3.21. The maximum Gasteiger partial charge on any atom is 0.355 e. The van der Waals surface area contributed by atoms with Crippen LogP contribution in [0.1, 0.15) is 33.3 Å². The van der Waals surface area contributed by atoms with Crippen molar-refractivity contribution in [2.45, 2.75) is 51.1 Å². The van der Waals surface area contributed by atoms with Gasteiger partial charge in [-0.05, 0) is 38.5 Å². The van der Waals surface area contributed by atoms with E-state index < -0.39 is 34.9 Å². The summed E-state index contributed by atoms with van der Waals surface area (Å²) in [5, 5.41) is 2.32. The average Bonchev–Trinajstić information content (AvgIpc) is 2.69. The number of aromatic nitrogens is 1. The summed E-state index contributed by atoms with van der Waals surface area (Å²) in [5.41, 5.74) is 0.610. The van der Waals surface area contributed by atoms with Crippen LogP contribution in [0.3, 0.4) is 0 Å². The van der Waals surface area contributed by atoms with Crippen LogP contribution in [0.25, 0.3) is 0 Å². The van der Waals surface area contributed by atoms with Crippen LogP contribution < -0.4 is 5.32 Å². The number of fused-ring (bicyclic) bond motifs is 1. The molecule has 0 aliphatic carbocycles. The van der Waals surface area contributed by atoms with Gasteiger partial charge in [-0.25, -0.2) is 4.79 Å². The summed E-state index contributed by atoms with van der Waals surface area (Å²) in [7, 11) is 0. The monoisotopic (exact) mass is 447 g/mol. The normalized spacial score (nSPS) is 20.5. The Bertz CT molecular complexity index is 925. The number of esters is 2. The van der Waals surface area contributed by atoms with Crippen LogP contribution in [0, 0.1) is 0 Å². The van der Waals surface area contributed by atoms with E-state index in [1.54, 1.807) is 45.3 Å². The molecule has 31 heavy (non-hydrogen) atoms. The molecule has 166 valence electrons. The van der Waals surface area contributed by atoms with Gasteiger partial charge in [-0.2, -0.15) is 0 Å². The lowest BCUT2D eigenvalue weighted by Gasteiger charge is -2.49. The molecule has 2 atom stereocenters. The zero-order valence-electron chi connectivity index (χ0n) is 17.8. The lowest BCUT2D eigenvalue weighted by molar-refractivity contribution is -0.159. The van der Waals surface area contributed by atoms with Crippen LogP contribution in [-0.4, -0.2) is 63.0 Å². The van der Waals surface area contributed by atoms with E-state index in [1.807, 2.05) is 0 Å². The second-order valence-electron chi connectivity index (χ2n) is 8.22. The third-order valence-corrected chi connectivity index (χ3v) is 5.86. The lowest BCUT2D eigenvalue weighted by atomic mass is 10.0. The third kappa shape index (κ3) is 5.43. The minimum absolute atomic E-state index is 0.0876. The van der Waals surface area contributed by atoms with Gasteiger partial charge in [0.2, 0.25) is 5.91 Å². The summed E-state index contributed by atoms with van der Waals surface area (Å²) < 4.78 is 10.5. The minimum atomic E-state index is -0.761. The summed E-state index contributed by atoms with van der Waals surface area (Å²) in [5.74, 6) is -1.47. The Balaban J connectivity index is 1.75. The molecular weight excluding hydrogens is 422 g/mol. The molecular formula is C21H25N3O6S. The SMILES string of the molecule is CC(=O)OCC1=C(C(=O)OC(C)(C)C)N2C(=O)[C@@H](NC(=O)Cc3ccncc3)[C@H]2SC1. The van der Waals surface area contributed by atoms with E-state index in [1.165, 1.54) is 23.6 Å². The summed E-state index contributed by atoms with van der Waals surface area (Å²) in [6, 6.07) is 2.72. The zero-order valence-corrected chi connectivity index (χ0v) is 18.7. The Kier molecular flexibility index (Phi) is 6.68. The number of rotatable bonds is 6. The molecule has 2 aliphatic rings. The summed E-state index contributed by atoms with van der Waals surface area (Å²) >= 11 is 1.40. The van der Waals surface area contributed by atoms with E-state index in [9.17, 15) is 19.2 Å². The molecule has 10 heteroatoms. The van der Waals surface area contributed by atoms with E-state index in [-0.39, 0.29) is 24.6 Å². The Morgan fingerprint density at radius 1 is 1.26 bits per heavy atom. The van der Waals surface area contributed by atoms with Gasteiger partial charge in [0.25, 0.3) is 5.91 Å². The van der Waals surface area contributed by atoms with Gasteiger partial charge >= 0.3 is 11.9 Å². The highest BCUT2D eigenvalue weighted by Gasteiger charge is 2.54. The molecule has 0 saturated carbocycles. The number of ether oxygens (including phenoxy) is 2. The molecule has 0 unspecified atom stereocenters. The van der Waals surface area contributed by atoms with Crippen LogP contribution in [0.4, 0.5) is 0 Å². The Hall–Kier alpha value is -2.88. The molecule has 0 radical (unpaired) electrons. The number of pyridine rings is 1. The third-order valence-electron chi connectivity index (χ3n) is 4.52. The molecule has 3 heterocycles. The first kappa shape index (κ1) is 22.8. The van der Waals surface area contributed by atoms with Gasteiger partial charge < -0.3 is 14.8 Å². The number of hydrogen-bond acceptors (Lipinski definition) is 8. The van der Waals surface area contributed by atoms with Crippen molar-refractivity contribution >= 4 is 35.5 Å². The molecule has 1 fully saturated rings. The molecule has 0 spiro atoms. The van der Waals surface area contributed by atoms with Crippen molar-refractivity contribution in [1.29, 1.82) is 0 Å². The number of hydrogen-bond donors (Lipinski definition) is 1. The fraction of sp³-hybridized carbons (Fsp3) is 0.476. The summed E-state index contributed by atoms with van der Waals surface area (Å²) in [6.45, 7) is 6.35. The van der Waals surface area contributed by atoms with E-state index in [0.29, 0.717) is 11.3 Å². The smallest absolute Gasteiger partial charge is 0.355 e. The maximum atomic E-state index is 12.9. The largest absolute Gasteiger partial charge is 0.461 e. The van der Waals surface area contributed by atoms with Crippen LogP contribution >= 0.6 is 11.8 Å². The summed E-state index contributed by atoms with van der Waals surface area (Å²) in [4.78, 5) is 54.6. The Morgan fingerprint density at radius 3 is 2.55 bits per heavy atom. The number of β-lactam (4-membered cyclic amide) rings is 1. The molecule has 2 aliphatic heterocycles. The fourth-order valence-corrected chi connectivity index (χ4v) is 4.54. The molecule has 1 aromatic rings. The first-order valence-electron chi connectivity index (χ1n) is 9.78. The van der Waals surface area contributed by atoms with Gasteiger partial charge in [-0.1, -0.05) is 0 Å². The number of thioether (sulfide) groups is 1. The van der Waals surface area contributed by atoms with Gasteiger partial charge in [0.15, 0.2) is 0 Å². The number of nitrogens with zero attached hydrogens (tertiary/aromatic N) is 2. The number of amides is 2. The number of carbonyl (C=O) groups is 4. The van der Waals surface area contributed by atoms with Crippen LogP contribution in [0.2, 0.25) is 0 Å². The van der Waals surface area contributed by atoms with Crippen molar-refractivity contribution in [3.63, 3.8) is 0 Å². The Morgan fingerprint density at radius 2 is 1.94 bits per heavy atom. The van der Waals surface area contributed by atoms with Crippen molar-refractivity contribution in [3.05, 3.63) is 41.4 Å². The standard InChI is InChI=1S/C21H25N3O6S/c1-12(25)29-10-14-11-31-19-16(23-15(26)9-13-5-7-22-8-6-13)18(27)24(19)17(14)20(28)30-21(2,3)4/h5-8,16,19H,9-11H2,1-4H3,(H,23,26)/t16-,19-/m1/s1. The molecule has 1 aromatic heterocycles. The van der Waals surface area contributed by atoms with E-state index in [4.69, 9.17) is 9.47 Å². The van der Waals surface area contributed by atoms with Gasteiger partial charge in [0.1, 0.15) is 29.3 Å². The molecule has 0 aromatic carbocycles. The van der Waals surface area contributed by atoms with Gasteiger partial charge in [-0.15, -0.1) is 11.8 Å². The molecule has 1 saturated heterocycles. The Labute approximate surface area is 184 Å². The van der Waals surface area contributed by atoms with Crippen molar-refractivity contribution in [2.75, 3.05) is 12.4 Å². The van der Waals surface area contributed by atoms with Crippen molar-refractivity contribution < 1.29 is 28.7 Å². The van der Waals surface area contributed by atoms with Crippen LogP contribution in [-0.2, 0) is 35.1 Å². The lowest BCUT2D eigenvalue weighted by Crippen LogP contribution is -2.71.